The molecule has 27 heavy (non-hydrogen) atoms. The molecule has 4 rings (SSSR count). The minimum absolute atomic E-state index is 0.168. The smallest absolute Gasteiger partial charge is 0.272 e. The van der Waals surface area contributed by atoms with E-state index in [1.54, 1.807) is 10.9 Å². The standard InChI is InChI=1S/C20H19N5OS/c1-12-16(13(2)24(4)23-12)10-22-25-11-21-19-18(20(25)26)17(14(3)27-19)15-8-6-5-7-9-15/h5-11H,1-4H3/b22-10-. The minimum atomic E-state index is -0.168. The quantitative estimate of drug-likeness (QED) is 0.512. The van der Waals surface area contributed by atoms with Crippen molar-refractivity contribution < 1.29 is 0 Å². The molecule has 3 heterocycles. The van der Waals surface area contributed by atoms with Crippen LogP contribution in [0.25, 0.3) is 21.3 Å². The molecule has 0 aliphatic heterocycles. The Labute approximate surface area is 160 Å². The van der Waals surface area contributed by atoms with Crippen LogP contribution in [-0.2, 0) is 7.05 Å². The number of hydrogen-bond donors (Lipinski definition) is 0. The number of aryl methyl sites for hydroxylation is 3. The number of nitrogens with zero attached hydrogens (tertiary/aromatic N) is 5. The van der Waals surface area contributed by atoms with Gasteiger partial charge in [0.1, 0.15) is 11.2 Å². The largest absolute Gasteiger partial charge is 0.283 e. The van der Waals surface area contributed by atoms with Crippen molar-refractivity contribution in [2.75, 3.05) is 0 Å². The molecule has 0 spiro atoms. The SMILES string of the molecule is Cc1nn(C)c(C)c1/C=N\n1cnc2sc(C)c(-c3ccccc3)c2c1=O. The Hall–Kier alpha value is -3.06. The average molecular weight is 377 g/mol. The van der Waals surface area contributed by atoms with Gasteiger partial charge in [0.25, 0.3) is 5.56 Å². The molecule has 1 aromatic carbocycles. The predicted molar refractivity (Wildman–Crippen MR) is 110 cm³/mol. The summed E-state index contributed by atoms with van der Waals surface area (Å²) in [5, 5.41) is 9.36. The lowest BCUT2D eigenvalue weighted by atomic mass is 10.0. The highest BCUT2D eigenvalue weighted by Gasteiger charge is 2.16. The van der Waals surface area contributed by atoms with Gasteiger partial charge < -0.3 is 0 Å². The van der Waals surface area contributed by atoms with E-state index in [0.29, 0.717) is 5.39 Å². The summed E-state index contributed by atoms with van der Waals surface area (Å²) in [5.74, 6) is 0. The van der Waals surface area contributed by atoms with E-state index in [4.69, 9.17) is 0 Å². The third kappa shape index (κ3) is 2.90. The van der Waals surface area contributed by atoms with Crippen LogP contribution in [0.5, 0.6) is 0 Å². The highest BCUT2D eigenvalue weighted by Crippen LogP contribution is 2.35. The summed E-state index contributed by atoms with van der Waals surface area (Å²) in [5.41, 5.74) is 4.56. The summed E-state index contributed by atoms with van der Waals surface area (Å²) in [4.78, 5) is 19.4. The van der Waals surface area contributed by atoms with Gasteiger partial charge in [0.05, 0.1) is 17.3 Å². The number of benzene rings is 1. The Morgan fingerprint density at radius 2 is 1.89 bits per heavy atom. The van der Waals surface area contributed by atoms with Crippen LogP contribution < -0.4 is 5.56 Å². The first-order valence-electron chi connectivity index (χ1n) is 8.58. The van der Waals surface area contributed by atoms with Crippen LogP contribution in [0, 0.1) is 20.8 Å². The summed E-state index contributed by atoms with van der Waals surface area (Å²) in [6.07, 6.45) is 3.15. The normalized spacial score (nSPS) is 11.7. The van der Waals surface area contributed by atoms with E-state index in [-0.39, 0.29) is 5.56 Å². The van der Waals surface area contributed by atoms with E-state index in [2.05, 4.69) is 15.2 Å². The van der Waals surface area contributed by atoms with E-state index in [9.17, 15) is 4.79 Å². The van der Waals surface area contributed by atoms with Gasteiger partial charge in [-0.15, -0.1) is 11.3 Å². The van der Waals surface area contributed by atoms with Crippen LogP contribution in [0.15, 0.2) is 46.6 Å². The van der Waals surface area contributed by atoms with Crippen molar-refractivity contribution in [2.24, 2.45) is 12.1 Å². The second-order valence-electron chi connectivity index (χ2n) is 6.43. The average Bonchev–Trinajstić information content (AvgIpc) is 3.12. The second kappa shape index (κ2) is 6.59. The van der Waals surface area contributed by atoms with E-state index in [1.807, 2.05) is 58.2 Å². The second-order valence-corrected chi connectivity index (χ2v) is 7.63. The molecule has 0 fully saturated rings. The van der Waals surface area contributed by atoms with Crippen LogP contribution in [0.1, 0.15) is 21.8 Å². The molecule has 0 bridgehead atoms. The summed E-state index contributed by atoms with van der Waals surface area (Å²) in [6.45, 7) is 5.92. The van der Waals surface area contributed by atoms with Crippen molar-refractivity contribution >= 4 is 27.8 Å². The molecule has 0 saturated heterocycles. The van der Waals surface area contributed by atoms with Crippen LogP contribution in [0.4, 0.5) is 0 Å². The maximum atomic E-state index is 13.1. The number of rotatable bonds is 3. The highest BCUT2D eigenvalue weighted by atomic mass is 32.1. The topological polar surface area (TPSA) is 65.1 Å². The van der Waals surface area contributed by atoms with E-state index in [1.165, 1.54) is 22.3 Å². The zero-order chi connectivity index (χ0) is 19.1. The van der Waals surface area contributed by atoms with Gasteiger partial charge in [0, 0.05) is 28.7 Å². The van der Waals surface area contributed by atoms with Crippen molar-refractivity contribution in [1.82, 2.24) is 19.4 Å². The predicted octanol–water partition coefficient (Wildman–Crippen LogP) is 3.67. The summed E-state index contributed by atoms with van der Waals surface area (Å²) < 4.78 is 3.10. The van der Waals surface area contributed by atoms with E-state index in [0.717, 1.165) is 37.8 Å². The molecule has 0 atom stereocenters. The zero-order valence-electron chi connectivity index (χ0n) is 15.6. The number of hydrogen-bond acceptors (Lipinski definition) is 5. The monoisotopic (exact) mass is 377 g/mol. The van der Waals surface area contributed by atoms with Crippen molar-refractivity contribution in [3.63, 3.8) is 0 Å². The molecule has 0 aliphatic rings. The molecule has 4 aromatic rings. The summed E-state index contributed by atoms with van der Waals surface area (Å²) in [7, 11) is 1.89. The Morgan fingerprint density at radius 1 is 1.15 bits per heavy atom. The fourth-order valence-corrected chi connectivity index (χ4v) is 4.23. The van der Waals surface area contributed by atoms with E-state index < -0.39 is 0 Å². The maximum Gasteiger partial charge on any atom is 0.283 e. The fraction of sp³-hybridized carbons (Fsp3) is 0.200. The van der Waals surface area contributed by atoms with Crippen molar-refractivity contribution in [3.05, 3.63) is 68.8 Å². The molecule has 0 unspecified atom stereocenters. The molecule has 136 valence electrons. The molecule has 3 aromatic heterocycles. The third-order valence-corrected chi connectivity index (χ3v) is 5.72. The highest BCUT2D eigenvalue weighted by molar-refractivity contribution is 7.19. The number of aromatic nitrogens is 4. The molecule has 0 amide bonds. The first kappa shape index (κ1) is 17.4. The molecule has 7 heteroatoms. The Kier molecular flexibility index (Phi) is 4.24. The van der Waals surface area contributed by atoms with Gasteiger partial charge in [-0.05, 0) is 26.3 Å². The lowest BCUT2D eigenvalue weighted by Gasteiger charge is -2.02. The van der Waals surface area contributed by atoms with Crippen molar-refractivity contribution in [1.29, 1.82) is 0 Å². The van der Waals surface area contributed by atoms with Gasteiger partial charge in [-0.2, -0.15) is 14.9 Å². The molecule has 0 saturated carbocycles. The third-order valence-electron chi connectivity index (χ3n) is 4.71. The minimum Gasteiger partial charge on any atom is -0.272 e. The number of thiophene rings is 1. The van der Waals surface area contributed by atoms with Gasteiger partial charge in [-0.25, -0.2) is 4.98 Å². The molecular formula is C20H19N5OS. The first-order chi connectivity index (χ1) is 13.0. The lowest BCUT2D eigenvalue weighted by Crippen LogP contribution is -2.17. The Morgan fingerprint density at radius 3 is 2.56 bits per heavy atom. The van der Waals surface area contributed by atoms with Crippen molar-refractivity contribution in [3.8, 4) is 11.1 Å². The summed E-state index contributed by atoms with van der Waals surface area (Å²) in [6, 6.07) is 9.93. The molecule has 0 aliphatic carbocycles. The maximum absolute atomic E-state index is 13.1. The van der Waals surface area contributed by atoms with Gasteiger partial charge in [0.2, 0.25) is 0 Å². The fourth-order valence-electron chi connectivity index (χ4n) is 3.22. The molecular weight excluding hydrogens is 358 g/mol. The zero-order valence-corrected chi connectivity index (χ0v) is 16.4. The molecule has 0 radical (unpaired) electrons. The molecule has 6 nitrogen and oxygen atoms in total. The van der Waals surface area contributed by atoms with E-state index >= 15 is 0 Å². The van der Waals surface area contributed by atoms with Gasteiger partial charge in [-0.3, -0.25) is 9.48 Å². The van der Waals surface area contributed by atoms with Crippen LogP contribution >= 0.6 is 11.3 Å². The van der Waals surface area contributed by atoms with Crippen molar-refractivity contribution in [2.45, 2.75) is 20.8 Å². The van der Waals surface area contributed by atoms with Crippen LogP contribution in [0.3, 0.4) is 0 Å². The summed E-state index contributed by atoms with van der Waals surface area (Å²) >= 11 is 1.53. The lowest BCUT2D eigenvalue weighted by molar-refractivity contribution is 0.731. The first-order valence-corrected chi connectivity index (χ1v) is 9.39. The molecule has 0 N–H and O–H groups in total. The van der Waals surface area contributed by atoms with Crippen LogP contribution in [0.2, 0.25) is 0 Å². The van der Waals surface area contributed by atoms with Gasteiger partial charge in [0.15, 0.2) is 0 Å². The Balaban J connectivity index is 1.88. The van der Waals surface area contributed by atoms with Gasteiger partial charge in [-0.1, -0.05) is 30.3 Å². The van der Waals surface area contributed by atoms with Gasteiger partial charge >= 0.3 is 0 Å². The Bertz CT molecular complexity index is 1230. The van der Waals surface area contributed by atoms with Crippen LogP contribution in [-0.4, -0.2) is 25.7 Å². The number of fused-ring (bicyclic) bond motifs is 1.